The maximum Gasteiger partial charge on any atom is 0.0420 e. The Balaban J connectivity index is 2.60. The van der Waals surface area contributed by atoms with Gasteiger partial charge in [0.25, 0.3) is 0 Å². The topological polar surface area (TPSA) is 26.0 Å². The lowest BCUT2D eigenvalue weighted by Gasteiger charge is -2.17. The maximum absolute atomic E-state index is 5.85. The van der Waals surface area contributed by atoms with Gasteiger partial charge in [-0.25, -0.2) is 0 Å². The highest BCUT2D eigenvalue weighted by atomic mass is 79.9. The zero-order valence-electron chi connectivity index (χ0n) is 9.95. The van der Waals surface area contributed by atoms with Crippen molar-refractivity contribution in [3.63, 3.8) is 0 Å². The molecule has 1 aromatic rings. The summed E-state index contributed by atoms with van der Waals surface area (Å²) in [6, 6.07) is 8.45. The van der Waals surface area contributed by atoms with Crippen LogP contribution in [0.15, 0.2) is 28.7 Å². The number of hydrogen-bond donors (Lipinski definition) is 1. The minimum atomic E-state index is 0.423. The monoisotopic (exact) mass is 301 g/mol. The molecular weight excluding hydrogens is 282 g/mol. The molecule has 3 heteroatoms. The normalized spacial score (nSPS) is 14.8. The van der Waals surface area contributed by atoms with E-state index < -0.39 is 0 Å². The number of rotatable bonds is 6. The molecule has 0 spiro atoms. The van der Waals surface area contributed by atoms with Crippen LogP contribution in [0.5, 0.6) is 0 Å². The summed E-state index contributed by atoms with van der Waals surface area (Å²) in [5, 5.41) is 0.423. The minimum Gasteiger partial charge on any atom is -0.329 e. The SMILES string of the molecule is CCC(C)CSC(CN)c1cccc(Br)c1. The van der Waals surface area contributed by atoms with Crippen molar-refractivity contribution >= 4 is 27.7 Å². The van der Waals surface area contributed by atoms with E-state index in [0.717, 1.165) is 10.4 Å². The Morgan fingerprint density at radius 3 is 2.75 bits per heavy atom. The van der Waals surface area contributed by atoms with Gasteiger partial charge in [-0.15, -0.1) is 0 Å². The molecule has 1 rings (SSSR count). The van der Waals surface area contributed by atoms with E-state index in [1.807, 2.05) is 11.8 Å². The molecule has 0 amide bonds. The molecule has 0 heterocycles. The molecule has 0 fully saturated rings. The third-order valence-electron chi connectivity index (χ3n) is 2.71. The van der Waals surface area contributed by atoms with Crippen LogP contribution >= 0.6 is 27.7 Å². The molecule has 16 heavy (non-hydrogen) atoms. The number of hydrogen-bond acceptors (Lipinski definition) is 2. The van der Waals surface area contributed by atoms with Crippen LogP contribution in [0.4, 0.5) is 0 Å². The van der Waals surface area contributed by atoms with Crippen LogP contribution in [0.2, 0.25) is 0 Å². The van der Waals surface area contributed by atoms with E-state index in [9.17, 15) is 0 Å². The van der Waals surface area contributed by atoms with Crippen molar-refractivity contribution in [3.05, 3.63) is 34.3 Å². The van der Waals surface area contributed by atoms with Crippen molar-refractivity contribution in [2.75, 3.05) is 12.3 Å². The lowest BCUT2D eigenvalue weighted by atomic mass is 10.1. The van der Waals surface area contributed by atoms with Crippen LogP contribution < -0.4 is 5.73 Å². The standard InChI is InChI=1S/C13H20BrNS/c1-3-10(2)9-16-13(8-15)11-5-4-6-12(14)7-11/h4-7,10,13H,3,8-9,15H2,1-2H3. The van der Waals surface area contributed by atoms with Crippen LogP contribution in [-0.4, -0.2) is 12.3 Å². The van der Waals surface area contributed by atoms with Crippen LogP contribution in [-0.2, 0) is 0 Å². The first-order valence-corrected chi connectivity index (χ1v) is 7.58. The Bertz CT molecular complexity index is 317. The minimum absolute atomic E-state index is 0.423. The van der Waals surface area contributed by atoms with Gasteiger partial charge in [0.2, 0.25) is 0 Å². The second kappa shape index (κ2) is 7.36. The molecule has 0 aliphatic heterocycles. The second-order valence-electron chi connectivity index (χ2n) is 4.13. The van der Waals surface area contributed by atoms with Gasteiger partial charge in [-0.05, 0) is 29.4 Å². The Kier molecular flexibility index (Phi) is 6.47. The summed E-state index contributed by atoms with van der Waals surface area (Å²) in [6.07, 6.45) is 1.24. The van der Waals surface area contributed by atoms with Gasteiger partial charge in [-0.1, -0.05) is 48.3 Å². The Morgan fingerprint density at radius 2 is 2.19 bits per heavy atom. The predicted octanol–water partition coefficient (Wildman–Crippen LogP) is 4.23. The lowest BCUT2D eigenvalue weighted by Crippen LogP contribution is -2.11. The highest BCUT2D eigenvalue weighted by Gasteiger charge is 2.11. The molecule has 1 aromatic carbocycles. The van der Waals surface area contributed by atoms with E-state index in [2.05, 4.69) is 54.0 Å². The highest BCUT2D eigenvalue weighted by molar-refractivity contribution is 9.10. The van der Waals surface area contributed by atoms with Crippen molar-refractivity contribution in [2.45, 2.75) is 25.5 Å². The second-order valence-corrected chi connectivity index (χ2v) is 6.28. The number of halogens is 1. The average molecular weight is 302 g/mol. The molecular formula is C13H20BrNS. The zero-order chi connectivity index (χ0) is 12.0. The summed E-state index contributed by atoms with van der Waals surface area (Å²) in [5.41, 5.74) is 7.17. The first-order chi connectivity index (χ1) is 7.67. The molecule has 0 bridgehead atoms. The van der Waals surface area contributed by atoms with Gasteiger partial charge in [0.1, 0.15) is 0 Å². The fraction of sp³-hybridized carbons (Fsp3) is 0.538. The molecule has 0 aliphatic carbocycles. The van der Waals surface area contributed by atoms with E-state index in [1.54, 1.807) is 0 Å². The number of thioether (sulfide) groups is 1. The summed E-state index contributed by atoms with van der Waals surface area (Å²) in [7, 11) is 0. The van der Waals surface area contributed by atoms with Crippen molar-refractivity contribution < 1.29 is 0 Å². The fourth-order valence-corrected chi connectivity index (χ4v) is 3.09. The van der Waals surface area contributed by atoms with Crippen LogP contribution in [0.25, 0.3) is 0 Å². The fourth-order valence-electron chi connectivity index (χ4n) is 1.41. The Labute approximate surface area is 111 Å². The van der Waals surface area contributed by atoms with Gasteiger partial charge < -0.3 is 5.73 Å². The third kappa shape index (κ3) is 4.48. The van der Waals surface area contributed by atoms with Gasteiger partial charge in [0, 0.05) is 16.3 Å². The van der Waals surface area contributed by atoms with E-state index in [4.69, 9.17) is 5.73 Å². The molecule has 0 aliphatic rings. The van der Waals surface area contributed by atoms with Crippen molar-refractivity contribution in [3.8, 4) is 0 Å². The van der Waals surface area contributed by atoms with Gasteiger partial charge in [-0.3, -0.25) is 0 Å². The first-order valence-electron chi connectivity index (χ1n) is 5.74. The quantitative estimate of drug-likeness (QED) is 0.851. The molecule has 2 N–H and O–H groups in total. The van der Waals surface area contributed by atoms with Crippen molar-refractivity contribution in [1.29, 1.82) is 0 Å². The molecule has 0 radical (unpaired) electrons. The van der Waals surface area contributed by atoms with Crippen LogP contribution in [0.1, 0.15) is 31.1 Å². The zero-order valence-corrected chi connectivity index (χ0v) is 12.4. The van der Waals surface area contributed by atoms with Gasteiger partial charge in [-0.2, -0.15) is 11.8 Å². The summed E-state index contributed by atoms with van der Waals surface area (Å²) < 4.78 is 1.13. The average Bonchev–Trinajstić information content (AvgIpc) is 2.29. The Morgan fingerprint density at radius 1 is 1.44 bits per heavy atom. The van der Waals surface area contributed by atoms with Crippen LogP contribution in [0, 0.1) is 5.92 Å². The van der Waals surface area contributed by atoms with Crippen LogP contribution in [0.3, 0.4) is 0 Å². The summed E-state index contributed by atoms with van der Waals surface area (Å²) in [6.45, 7) is 5.24. The van der Waals surface area contributed by atoms with Gasteiger partial charge >= 0.3 is 0 Å². The molecule has 2 atom stereocenters. The Hall–Kier alpha value is 0.01000. The van der Waals surface area contributed by atoms with E-state index in [1.165, 1.54) is 17.7 Å². The molecule has 0 saturated carbocycles. The number of nitrogens with two attached hydrogens (primary N) is 1. The van der Waals surface area contributed by atoms with E-state index in [-0.39, 0.29) is 0 Å². The third-order valence-corrected chi connectivity index (χ3v) is 4.84. The van der Waals surface area contributed by atoms with E-state index >= 15 is 0 Å². The molecule has 0 aromatic heterocycles. The van der Waals surface area contributed by atoms with Gasteiger partial charge in [0.15, 0.2) is 0 Å². The smallest absolute Gasteiger partial charge is 0.0420 e. The van der Waals surface area contributed by atoms with Crippen molar-refractivity contribution in [1.82, 2.24) is 0 Å². The predicted molar refractivity (Wildman–Crippen MR) is 77.9 cm³/mol. The highest BCUT2D eigenvalue weighted by Crippen LogP contribution is 2.31. The van der Waals surface area contributed by atoms with Gasteiger partial charge in [0.05, 0.1) is 0 Å². The van der Waals surface area contributed by atoms with Crippen molar-refractivity contribution in [2.24, 2.45) is 11.7 Å². The lowest BCUT2D eigenvalue weighted by molar-refractivity contribution is 0.635. The molecule has 90 valence electrons. The summed E-state index contributed by atoms with van der Waals surface area (Å²) >= 11 is 5.47. The molecule has 0 saturated heterocycles. The summed E-state index contributed by atoms with van der Waals surface area (Å²) in [5.74, 6) is 1.96. The number of benzene rings is 1. The molecule has 1 nitrogen and oxygen atoms in total. The first kappa shape index (κ1) is 14.1. The summed E-state index contributed by atoms with van der Waals surface area (Å²) in [4.78, 5) is 0. The maximum atomic E-state index is 5.85. The molecule has 2 unspecified atom stereocenters. The van der Waals surface area contributed by atoms with E-state index in [0.29, 0.717) is 11.8 Å². The largest absolute Gasteiger partial charge is 0.329 e.